The zero-order chi connectivity index (χ0) is 13.9. The van der Waals surface area contributed by atoms with Crippen molar-refractivity contribution < 1.29 is 13.2 Å². The van der Waals surface area contributed by atoms with Crippen LogP contribution in [0.15, 0.2) is 27.6 Å². The summed E-state index contributed by atoms with van der Waals surface area (Å²) < 4.78 is 27.3. The summed E-state index contributed by atoms with van der Waals surface area (Å²) in [5.41, 5.74) is 5.83. The maximum absolute atomic E-state index is 12.0. The third-order valence-electron chi connectivity index (χ3n) is 2.30. The molecule has 5 nitrogen and oxygen atoms in total. The van der Waals surface area contributed by atoms with Crippen molar-refractivity contribution in [3.05, 3.63) is 28.2 Å². The van der Waals surface area contributed by atoms with Crippen molar-refractivity contribution in [3.8, 4) is 0 Å². The van der Waals surface area contributed by atoms with Crippen molar-refractivity contribution in [2.75, 3.05) is 0 Å². The molecule has 0 aliphatic carbocycles. The number of amides is 1. The molecule has 0 saturated heterocycles. The Morgan fingerprint density at radius 1 is 1.50 bits per heavy atom. The monoisotopic (exact) mass is 334 g/mol. The Balaban J connectivity index is 2.92. The molecule has 1 rings (SSSR count). The van der Waals surface area contributed by atoms with Crippen molar-refractivity contribution >= 4 is 31.9 Å². The van der Waals surface area contributed by atoms with E-state index in [-0.39, 0.29) is 11.3 Å². The average Bonchev–Trinajstić information content (AvgIpc) is 2.19. The van der Waals surface area contributed by atoms with E-state index in [4.69, 9.17) is 5.73 Å². The number of rotatable bonds is 5. The van der Waals surface area contributed by atoms with Gasteiger partial charge < -0.3 is 5.73 Å². The Morgan fingerprint density at radius 3 is 2.61 bits per heavy atom. The fraction of sp³-hybridized carbons (Fsp3) is 0.364. The van der Waals surface area contributed by atoms with Crippen molar-refractivity contribution in [2.24, 2.45) is 5.73 Å². The van der Waals surface area contributed by atoms with E-state index in [0.717, 1.165) is 10.0 Å². The van der Waals surface area contributed by atoms with Gasteiger partial charge in [0.2, 0.25) is 15.9 Å². The molecule has 0 aliphatic rings. The maximum Gasteiger partial charge on any atom is 0.240 e. The second-order valence-electron chi connectivity index (χ2n) is 4.10. The lowest BCUT2D eigenvalue weighted by Crippen LogP contribution is -2.35. The van der Waals surface area contributed by atoms with Crippen LogP contribution in [0, 0.1) is 6.92 Å². The molecule has 1 unspecified atom stereocenters. The molecule has 1 atom stereocenters. The number of hydrogen-bond acceptors (Lipinski definition) is 3. The third-order valence-corrected chi connectivity index (χ3v) is 4.78. The van der Waals surface area contributed by atoms with Crippen LogP contribution in [0.3, 0.4) is 0 Å². The largest absolute Gasteiger partial charge is 0.370 e. The van der Waals surface area contributed by atoms with Crippen molar-refractivity contribution in [1.82, 2.24) is 4.72 Å². The fourth-order valence-corrected chi connectivity index (χ4v) is 3.04. The highest BCUT2D eigenvalue weighted by molar-refractivity contribution is 9.10. The van der Waals surface area contributed by atoms with Crippen LogP contribution in [-0.2, 0) is 14.8 Å². The molecule has 1 aromatic carbocycles. The summed E-state index contributed by atoms with van der Waals surface area (Å²) in [6.07, 6.45) is -0.0330. The Kier molecular flexibility index (Phi) is 4.89. The summed E-state index contributed by atoms with van der Waals surface area (Å²) in [4.78, 5) is 10.9. The number of nitrogens with two attached hydrogens (primary N) is 1. The minimum atomic E-state index is -3.62. The molecule has 0 aliphatic heterocycles. The molecule has 18 heavy (non-hydrogen) atoms. The molecule has 0 aromatic heterocycles. The van der Waals surface area contributed by atoms with Crippen LogP contribution in [0.5, 0.6) is 0 Å². The summed E-state index contributed by atoms with van der Waals surface area (Å²) in [6.45, 7) is 3.39. The molecule has 0 heterocycles. The lowest BCUT2D eigenvalue weighted by atomic mass is 10.2. The lowest BCUT2D eigenvalue weighted by Gasteiger charge is -2.13. The molecular weight excluding hydrogens is 320 g/mol. The van der Waals surface area contributed by atoms with Gasteiger partial charge in [-0.15, -0.1) is 0 Å². The van der Waals surface area contributed by atoms with E-state index < -0.39 is 22.0 Å². The van der Waals surface area contributed by atoms with Crippen molar-refractivity contribution in [1.29, 1.82) is 0 Å². The average molecular weight is 335 g/mol. The van der Waals surface area contributed by atoms with Gasteiger partial charge in [-0.1, -0.05) is 15.9 Å². The normalized spacial score (nSPS) is 13.3. The number of carbonyl (C=O) groups excluding carboxylic acids is 1. The smallest absolute Gasteiger partial charge is 0.240 e. The first-order chi connectivity index (χ1) is 8.22. The molecule has 0 fully saturated rings. The van der Waals surface area contributed by atoms with Gasteiger partial charge in [0.1, 0.15) is 0 Å². The van der Waals surface area contributed by atoms with Crippen molar-refractivity contribution in [2.45, 2.75) is 31.2 Å². The molecule has 0 spiro atoms. The zero-order valence-electron chi connectivity index (χ0n) is 10.1. The zero-order valence-corrected chi connectivity index (χ0v) is 12.5. The van der Waals surface area contributed by atoms with Gasteiger partial charge in [-0.05, 0) is 37.6 Å². The number of primary amides is 1. The Labute approximate surface area is 115 Å². The van der Waals surface area contributed by atoms with Gasteiger partial charge in [0.05, 0.1) is 4.90 Å². The minimum Gasteiger partial charge on any atom is -0.370 e. The molecule has 0 bridgehead atoms. The van der Waals surface area contributed by atoms with Gasteiger partial charge >= 0.3 is 0 Å². The molecule has 100 valence electrons. The van der Waals surface area contributed by atoms with Crippen LogP contribution in [0.25, 0.3) is 0 Å². The Hall–Kier alpha value is -0.920. The SMILES string of the molecule is Cc1cc(S(=O)(=O)NC(C)CC(N)=O)ccc1Br. The van der Waals surface area contributed by atoms with E-state index in [9.17, 15) is 13.2 Å². The first kappa shape index (κ1) is 15.1. The van der Waals surface area contributed by atoms with Gasteiger partial charge in [0.25, 0.3) is 0 Å². The number of sulfonamides is 1. The maximum atomic E-state index is 12.0. The quantitative estimate of drug-likeness (QED) is 0.850. The second-order valence-corrected chi connectivity index (χ2v) is 6.67. The second kappa shape index (κ2) is 5.81. The molecule has 1 amide bonds. The molecule has 0 radical (unpaired) electrons. The van der Waals surface area contributed by atoms with Gasteiger partial charge in [-0.25, -0.2) is 13.1 Å². The number of nitrogens with one attached hydrogen (secondary N) is 1. The molecule has 0 saturated carbocycles. The lowest BCUT2D eigenvalue weighted by molar-refractivity contribution is -0.118. The number of hydrogen-bond donors (Lipinski definition) is 2. The van der Waals surface area contributed by atoms with E-state index in [1.54, 1.807) is 26.0 Å². The van der Waals surface area contributed by atoms with E-state index in [1.807, 2.05) is 0 Å². The minimum absolute atomic E-state index is 0.0330. The third kappa shape index (κ3) is 4.08. The predicted molar refractivity (Wildman–Crippen MR) is 72.5 cm³/mol. The highest BCUT2D eigenvalue weighted by Gasteiger charge is 2.18. The van der Waals surface area contributed by atoms with Crippen LogP contribution in [0.1, 0.15) is 18.9 Å². The first-order valence-corrected chi connectivity index (χ1v) is 7.57. The number of benzene rings is 1. The van der Waals surface area contributed by atoms with E-state index >= 15 is 0 Å². The van der Waals surface area contributed by atoms with Crippen LogP contribution in [0.2, 0.25) is 0 Å². The predicted octanol–water partition coefficient (Wildman–Crippen LogP) is 1.30. The van der Waals surface area contributed by atoms with E-state index in [0.29, 0.717) is 0 Å². The van der Waals surface area contributed by atoms with Crippen LogP contribution in [0.4, 0.5) is 0 Å². The highest BCUT2D eigenvalue weighted by Crippen LogP contribution is 2.20. The molecule has 3 N–H and O–H groups in total. The van der Waals surface area contributed by atoms with Gasteiger partial charge in [-0.3, -0.25) is 4.79 Å². The van der Waals surface area contributed by atoms with Gasteiger partial charge in [0, 0.05) is 16.9 Å². The summed E-state index contributed by atoms with van der Waals surface area (Å²) >= 11 is 3.30. The van der Waals surface area contributed by atoms with Crippen LogP contribution >= 0.6 is 15.9 Å². The summed E-state index contributed by atoms with van der Waals surface area (Å²) in [6, 6.07) is 4.19. The number of halogens is 1. The number of carbonyl (C=O) groups is 1. The van der Waals surface area contributed by atoms with Gasteiger partial charge in [-0.2, -0.15) is 0 Å². The van der Waals surface area contributed by atoms with Crippen LogP contribution < -0.4 is 10.5 Å². The first-order valence-electron chi connectivity index (χ1n) is 5.29. The van der Waals surface area contributed by atoms with Crippen molar-refractivity contribution in [3.63, 3.8) is 0 Å². The van der Waals surface area contributed by atoms with E-state index in [2.05, 4.69) is 20.7 Å². The highest BCUT2D eigenvalue weighted by atomic mass is 79.9. The number of aryl methyl sites for hydroxylation is 1. The summed E-state index contributed by atoms with van der Waals surface area (Å²) in [5.74, 6) is -0.544. The molecule has 1 aromatic rings. The standard InChI is InChI=1S/C11H15BrN2O3S/c1-7-5-9(3-4-10(7)12)18(16,17)14-8(2)6-11(13)15/h3-5,8,14H,6H2,1-2H3,(H2,13,15). The Morgan fingerprint density at radius 2 is 2.11 bits per heavy atom. The fourth-order valence-electron chi connectivity index (χ4n) is 1.46. The van der Waals surface area contributed by atoms with Gasteiger partial charge in [0.15, 0.2) is 0 Å². The molecular formula is C11H15BrN2O3S. The van der Waals surface area contributed by atoms with Crippen LogP contribution in [-0.4, -0.2) is 20.4 Å². The molecule has 7 heteroatoms. The summed E-state index contributed by atoms with van der Waals surface area (Å²) in [5, 5.41) is 0. The topological polar surface area (TPSA) is 89.3 Å². The Bertz CT molecular complexity index is 557. The summed E-state index contributed by atoms with van der Waals surface area (Å²) in [7, 11) is -3.62. The van der Waals surface area contributed by atoms with E-state index in [1.165, 1.54) is 6.07 Å².